The van der Waals surface area contributed by atoms with Gasteiger partial charge in [0.05, 0.1) is 19.3 Å². The fourth-order valence-corrected chi connectivity index (χ4v) is 6.54. The summed E-state index contributed by atoms with van der Waals surface area (Å²) in [6.45, 7) is 5.86. The average Bonchev–Trinajstić information content (AvgIpc) is 3.47. The van der Waals surface area contributed by atoms with Crippen molar-refractivity contribution in [1.29, 1.82) is 0 Å². The first kappa shape index (κ1) is 23.2. The van der Waals surface area contributed by atoms with Gasteiger partial charge in [-0.15, -0.1) is 0 Å². The van der Waals surface area contributed by atoms with Crippen LogP contribution in [0.4, 0.5) is 10.5 Å². The number of sulfonamides is 1. The molecule has 1 aromatic carbocycles. The molecular weight excluding hydrogens is 454 g/mol. The molecule has 0 spiro atoms. The highest BCUT2D eigenvalue weighted by atomic mass is 32.2. The standard InChI is InChI=1S/C24H33N5O4S/c1-24(2)13-29-22(33-14-24)20(11-25-29)34(31,32)27-23(30)26-21-17-9-5-7-15(17)19(12-28(3)4)16-8-6-10-18(16)21/h11H,5-10,12-14H2,1-4H3,(H2,26,27,30). The first-order valence-electron chi connectivity index (χ1n) is 11.9. The van der Waals surface area contributed by atoms with Crippen LogP contribution < -0.4 is 14.8 Å². The second-order valence-corrected chi connectivity index (χ2v) is 12.3. The molecule has 2 aromatic rings. The smallest absolute Gasteiger partial charge is 0.333 e. The third kappa shape index (κ3) is 4.07. The van der Waals surface area contributed by atoms with Crippen molar-refractivity contribution in [3.63, 3.8) is 0 Å². The molecule has 2 amide bonds. The van der Waals surface area contributed by atoms with Crippen LogP contribution in [0.2, 0.25) is 0 Å². The summed E-state index contributed by atoms with van der Waals surface area (Å²) in [7, 11) is 0.00911. The molecule has 0 saturated heterocycles. The van der Waals surface area contributed by atoms with Crippen LogP contribution in [-0.4, -0.2) is 49.8 Å². The number of nitrogens with one attached hydrogen (secondary N) is 2. The molecule has 0 saturated carbocycles. The quantitative estimate of drug-likeness (QED) is 0.672. The van der Waals surface area contributed by atoms with Gasteiger partial charge in [-0.3, -0.25) is 0 Å². The van der Waals surface area contributed by atoms with Crippen molar-refractivity contribution in [2.45, 2.75) is 70.4 Å². The molecule has 1 aromatic heterocycles. The van der Waals surface area contributed by atoms with Gasteiger partial charge in [0.25, 0.3) is 10.0 Å². The van der Waals surface area contributed by atoms with E-state index in [4.69, 9.17) is 4.74 Å². The van der Waals surface area contributed by atoms with Crippen LogP contribution in [0, 0.1) is 5.41 Å². The summed E-state index contributed by atoms with van der Waals surface area (Å²) in [6, 6.07) is -0.750. The molecule has 0 radical (unpaired) electrons. The van der Waals surface area contributed by atoms with Gasteiger partial charge >= 0.3 is 6.03 Å². The summed E-state index contributed by atoms with van der Waals surface area (Å²) >= 11 is 0. The van der Waals surface area contributed by atoms with Gasteiger partial charge < -0.3 is 15.0 Å². The van der Waals surface area contributed by atoms with Crippen LogP contribution in [0.25, 0.3) is 0 Å². The van der Waals surface area contributed by atoms with Crippen molar-refractivity contribution in [3.8, 4) is 5.88 Å². The van der Waals surface area contributed by atoms with Crippen LogP contribution in [-0.2, 0) is 48.8 Å². The number of benzene rings is 1. The highest BCUT2D eigenvalue weighted by molar-refractivity contribution is 7.90. The Morgan fingerprint density at radius 2 is 1.74 bits per heavy atom. The zero-order valence-corrected chi connectivity index (χ0v) is 21.1. The van der Waals surface area contributed by atoms with Gasteiger partial charge in [-0.05, 0) is 80.4 Å². The van der Waals surface area contributed by atoms with E-state index in [1.807, 2.05) is 13.8 Å². The minimum atomic E-state index is -4.14. The maximum absolute atomic E-state index is 13.1. The normalized spacial score (nSPS) is 18.3. The van der Waals surface area contributed by atoms with Crippen LogP contribution in [0.3, 0.4) is 0 Å². The number of anilines is 1. The summed E-state index contributed by atoms with van der Waals surface area (Å²) in [5.74, 6) is 0.175. The second kappa shape index (κ2) is 8.27. The maximum atomic E-state index is 13.1. The molecule has 10 heteroatoms. The number of urea groups is 1. The molecular formula is C24H33N5O4S. The van der Waals surface area contributed by atoms with E-state index in [1.165, 1.54) is 34.0 Å². The Bertz CT molecular complexity index is 1230. The lowest BCUT2D eigenvalue weighted by atomic mass is 9.91. The Morgan fingerprint density at radius 1 is 1.12 bits per heavy atom. The van der Waals surface area contributed by atoms with E-state index in [1.54, 1.807) is 4.68 Å². The highest BCUT2D eigenvalue weighted by Crippen LogP contribution is 2.42. The lowest BCUT2D eigenvalue weighted by Crippen LogP contribution is -2.36. The van der Waals surface area contributed by atoms with Gasteiger partial charge in [0.1, 0.15) is 0 Å². The molecule has 2 N–H and O–H groups in total. The zero-order chi connectivity index (χ0) is 24.3. The van der Waals surface area contributed by atoms with Crippen molar-refractivity contribution in [2.24, 2.45) is 5.41 Å². The number of carbonyl (C=O) groups excluding carboxylic acids is 1. The SMILES string of the molecule is CN(C)Cc1c2c(c(NC(=O)NS(=O)(=O)c3cnn4c3OCC(C)(C)C4)c3c1CCC3)CCC2. The number of ether oxygens (including phenoxy) is 1. The fraction of sp³-hybridized carbons (Fsp3) is 0.583. The third-order valence-electron chi connectivity index (χ3n) is 6.93. The zero-order valence-electron chi connectivity index (χ0n) is 20.3. The van der Waals surface area contributed by atoms with Gasteiger partial charge in [-0.25, -0.2) is 22.6 Å². The molecule has 5 rings (SSSR count). The Labute approximate surface area is 200 Å². The van der Waals surface area contributed by atoms with Gasteiger partial charge in [-0.1, -0.05) is 13.8 Å². The number of amides is 2. The number of carbonyl (C=O) groups is 1. The summed E-state index contributed by atoms with van der Waals surface area (Å²) in [6.07, 6.45) is 7.12. The van der Waals surface area contributed by atoms with E-state index < -0.39 is 16.1 Å². The molecule has 0 bridgehead atoms. The van der Waals surface area contributed by atoms with Crippen molar-refractivity contribution in [3.05, 3.63) is 34.0 Å². The molecule has 0 fully saturated rings. The number of fused-ring (bicyclic) bond motifs is 3. The van der Waals surface area contributed by atoms with Gasteiger partial charge in [0.2, 0.25) is 5.88 Å². The molecule has 2 heterocycles. The van der Waals surface area contributed by atoms with E-state index in [-0.39, 0.29) is 16.2 Å². The van der Waals surface area contributed by atoms with E-state index in [0.29, 0.717) is 13.2 Å². The predicted octanol–water partition coefficient (Wildman–Crippen LogP) is 2.85. The average molecular weight is 488 g/mol. The lowest BCUT2D eigenvalue weighted by Gasteiger charge is -2.30. The Kier molecular flexibility index (Phi) is 5.63. The first-order valence-corrected chi connectivity index (χ1v) is 13.4. The van der Waals surface area contributed by atoms with Crippen molar-refractivity contribution in [1.82, 2.24) is 19.4 Å². The monoisotopic (exact) mass is 487 g/mol. The summed E-state index contributed by atoms with van der Waals surface area (Å²) in [4.78, 5) is 15.1. The summed E-state index contributed by atoms with van der Waals surface area (Å²) < 4.78 is 35.6. The molecule has 184 valence electrons. The van der Waals surface area contributed by atoms with Crippen molar-refractivity contribution in [2.75, 3.05) is 26.0 Å². The van der Waals surface area contributed by atoms with Crippen molar-refractivity contribution >= 4 is 21.7 Å². The molecule has 0 unspecified atom stereocenters. The number of nitrogens with zero attached hydrogens (tertiary/aromatic N) is 3. The van der Waals surface area contributed by atoms with Crippen LogP contribution in [0.5, 0.6) is 5.88 Å². The number of rotatable bonds is 5. The molecule has 0 atom stereocenters. The third-order valence-corrected chi connectivity index (χ3v) is 8.25. The largest absolute Gasteiger partial charge is 0.476 e. The van der Waals surface area contributed by atoms with Crippen LogP contribution in [0.15, 0.2) is 11.1 Å². The molecule has 9 nitrogen and oxygen atoms in total. The molecule has 1 aliphatic heterocycles. The second-order valence-electron chi connectivity index (χ2n) is 10.7. The molecule has 3 aliphatic rings. The van der Waals surface area contributed by atoms with E-state index in [0.717, 1.165) is 50.8 Å². The molecule has 34 heavy (non-hydrogen) atoms. The topological polar surface area (TPSA) is 106 Å². The van der Waals surface area contributed by atoms with Crippen molar-refractivity contribution < 1.29 is 17.9 Å². The first-order chi connectivity index (χ1) is 16.1. The minimum absolute atomic E-state index is 0.116. The Balaban J connectivity index is 1.42. The maximum Gasteiger partial charge on any atom is 0.333 e. The lowest BCUT2D eigenvalue weighted by molar-refractivity contribution is 0.0970. The van der Waals surface area contributed by atoms with E-state index in [2.05, 4.69) is 34.1 Å². The Morgan fingerprint density at radius 3 is 2.35 bits per heavy atom. The minimum Gasteiger partial charge on any atom is -0.476 e. The fourth-order valence-electron chi connectivity index (χ4n) is 5.56. The Hall–Kier alpha value is -2.59. The summed E-state index contributed by atoms with van der Waals surface area (Å²) in [5, 5.41) is 7.10. The summed E-state index contributed by atoms with van der Waals surface area (Å²) in [5.41, 5.74) is 7.05. The number of hydrogen-bond donors (Lipinski definition) is 2. The van der Waals surface area contributed by atoms with E-state index >= 15 is 0 Å². The van der Waals surface area contributed by atoms with E-state index in [9.17, 15) is 13.2 Å². The van der Waals surface area contributed by atoms with Crippen LogP contribution in [0.1, 0.15) is 54.5 Å². The van der Waals surface area contributed by atoms with Gasteiger partial charge in [0, 0.05) is 17.6 Å². The number of aromatic nitrogens is 2. The predicted molar refractivity (Wildman–Crippen MR) is 129 cm³/mol. The molecule has 2 aliphatic carbocycles. The van der Waals surface area contributed by atoms with Crippen LogP contribution >= 0.6 is 0 Å². The van der Waals surface area contributed by atoms with Gasteiger partial charge in [-0.2, -0.15) is 5.10 Å². The van der Waals surface area contributed by atoms with Gasteiger partial charge in [0.15, 0.2) is 4.90 Å². The highest BCUT2D eigenvalue weighted by Gasteiger charge is 2.35. The number of hydrogen-bond acceptors (Lipinski definition) is 6.